The zero-order valence-electron chi connectivity index (χ0n) is 10.4. The summed E-state index contributed by atoms with van der Waals surface area (Å²) >= 11 is 1.03. The molecule has 0 radical (unpaired) electrons. The van der Waals surface area contributed by atoms with Gasteiger partial charge in [0.25, 0.3) is 0 Å². The number of rotatable bonds is 5. The molecule has 0 aliphatic rings. The molecule has 18 heavy (non-hydrogen) atoms. The van der Waals surface area contributed by atoms with E-state index in [0.29, 0.717) is 0 Å². The summed E-state index contributed by atoms with van der Waals surface area (Å²) in [5, 5.41) is 1.42. The molecule has 8 heteroatoms. The zero-order valence-corrected chi connectivity index (χ0v) is 12.0. The van der Waals surface area contributed by atoms with Crippen molar-refractivity contribution in [2.24, 2.45) is 5.73 Å². The Morgan fingerprint density at radius 2 is 2.22 bits per heavy atom. The average molecular weight is 292 g/mol. The normalized spacial score (nSPS) is 13.6. The van der Waals surface area contributed by atoms with Gasteiger partial charge in [-0.25, -0.2) is 13.2 Å². The van der Waals surface area contributed by atoms with Gasteiger partial charge in [-0.15, -0.1) is 11.3 Å². The molecular weight excluding hydrogens is 276 g/mol. The van der Waals surface area contributed by atoms with Crippen LogP contribution in [0.4, 0.5) is 0 Å². The second kappa shape index (κ2) is 5.79. The van der Waals surface area contributed by atoms with Crippen LogP contribution in [0, 0.1) is 0 Å². The van der Waals surface area contributed by atoms with E-state index in [1.807, 2.05) is 0 Å². The Morgan fingerprint density at radius 3 is 2.72 bits per heavy atom. The van der Waals surface area contributed by atoms with Crippen molar-refractivity contribution in [3.8, 4) is 0 Å². The lowest BCUT2D eigenvalue weighted by molar-refractivity contribution is 0.0606. The molecule has 1 atom stereocenters. The molecule has 0 aromatic carbocycles. The van der Waals surface area contributed by atoms with E-state index in [2.05, 4.69) is 4.74 Å². The number of nitrogens with two attached hydrogens (primary N) is 1. The highest BCUT2D eigenvalue weighted by atomic mass is 32.2. The van der Waals surface area contributed by atoms with Crippen LogP contribution in [0.5, 0.6) is 0 Å². The molecule has 0 bridgehead atoms. The summed E-state index contributed by atoms with van der Waals surface area (Å²) in [6.45, 7) is 1.94. The molecule has 1 aromatic heterocycles. The van der Waals surface area contributed by atoms with Crippen LogP contribution < -0.4 is 5.73 Å². The zero-order chi connectivity index (χ0) is 13.9. The van der Waals surface area contributed by atoms with Crippen LogP contribution in [0.25, 0.3) is 0 Å². The monoisotopic (exact) mass is 292 g/mol. The number of likely N-dealkylation sites (N-methyl/N-ethyl adjacent to an activating group) is 1. The van der Waals surface area contributed by atoms with E-state index in [-0.39, 0.29) is 22.4 Å². The number of sulfonamides is 1. The maximum absolute atomic E-state index is 12.2. The standard InChI is InChI=1S/C10H16N2O4S2/c1-7(5-11)12(2)18(14,15)8-4-9(17-6-8)10(13)16-3/h4,6-7H,5,11H2,1-3H3. The van der Waals surface area contributed by atoms with E-state index >= 15 is 0 Å². The Bertz CT molecular complexity index is 524. The van der Waals surface area contributed by atoms with Crippen molar-refractivity contribution in [3.63, 3.8) is 0 Å². The van der Waals surface area contributed by atoms with Crippen LogP contribution in [-0.2, 0) is 14.8 Å². The summed E-state index contributed by atoms with van der Waals surface area (Å²) in [6, 6.07) is 1.00. The van der Waals surface area contributed by atoms with Crippen molar-refractivity contribution in [1.29, 1.82) is 0 Å². The highest BCUT2D eigenvalue weighted by Gasteiger charge is 2.26. The van der Waals surface area contributed by atoms with Crippen LogP contribution in [0.15, 0.2) is 16.3 Å². The van der Waals surface area contributed by atoms with Gasteiger partial charge in [-0.05, 0) is 13.0 Å². The smallest absolute Gasteiger partial charge is 0.348 e. The van der Waals surface area contributed by atoms with Crippen LogP contribution >= 0.6 is 11.3 Å². The van der Waals surface area contributed by atoms with Crippen LogP contribution in [-0.4, -0.2) is 45.4 Å². The van der Waals surface area contributed by atoms with Gasteiger partial charge in [0.15, 0.2) is 0 Å². The molecule has 0 saturated carbocycles. The molecule has 0 aliphatic heterocycles. The van der Waals surface area contributed by atoms with Gasteiger partial charge >= 0.3 is 5.97 Å². The number of carbonyl (C=O) groups is 1. The predicted molar refractivity (Wildman–Crippen MR) is 69.1 cm³/mol. The van der Waals surface area contributed by atoms with Gasteiger partial charge in [0, 0.05) is 25.0 Å². The summed E-state index contributed by atoms with van der Waals surface area (Å²) in [5.41, 5.74) is 5.45. The lowest BCUT2D eigenvalue weighted by atomic mass is 10.4. The van der Waals surface area contributed by atoms with E-state index in [4.69, 9.17) is 5.73 Å². The van der Waals surface area contributed by atoms with Crippen molar-refractivity contribution < 1.29 is 17.9 Å². The van der Waals surface area contributed by atoms with Crippen molar-refractivity contribution in [2.75, 3.05) is 20.7 Å². The van der Waals surface area contributed by atoms with Crippen LogP contribution in [0.3, 0.4) is 0 Å². The Balaban J connectivity index is 3.06. The first-order chi connectivity index (χ1) is 8.34. The van der Waals surface area contributed by atoms with Gasteiger partial charge < -0.3 is 10.5 Å². The molecule has 1 heterocycles. The molecule has 102 valence electrons. The summed E-state index contributed by atoms with van der Waals surface area (Å²) in [6.07, 6.45) is 0. The van der Waals surface area contributed by atoms with Crippen LogP contribution in [0.2, 0.25) is 0 Å². The van der Waals surface area contributed by atoms with Crippen LogP contribution in [0.1, 0.15) is 16.6 Å². The SMILES string of the molecule is COC(=O)c1cc(S(=O)(=O)N(C)C(C)CN)cs1. The number of nitrogens with zero attached hydrogens (tertiary/aromatic N) is 1. The fourth-order valence-electron chi connectivity index (χ4n) is 1.21. The Kier molecular flexibility index (Phi) is 4.85. The second-order valence-corrected chi connectivity index (χ2v) is 6.65. The number of hydrogen-bond acceptors (Lipinski definition) is 6. The Hall–Kier alpha value is -0.960. The third-order valence-corrected chi connectivity index (χ3v) is 5.61. The minimum Gasteiger partial charge on any atom is -0.465 e. The topological polar surface area (TPSA) is 89.7 Å². The van der Waals surface area contributed by atoms with Gasteiger partial charge in [0.05, 0.1) is 12.0 Å². The maximum atomic E-state index is 12.2. The average Bonchev–Trinajstić information content (AvgIpc) is 2.86. The number of carbonyl (C=O) groups excluding carboxylic acids is 1. The highest BCUT2D eigenvalue weighted by molar-refractivity contribution is 7.89. The van der Waals surface area contributed by atoms with Gasteiger partial charge in [-0.1, -0.05) is 0 Å². The molecule has 0 amide bonds. The van der Waals surface area contributed by atoms with Gasteiger partial charge in [-0.3, -0.25) is 0 Å². The number of esters is 1. The predicted octanol–water partition coefficient (Wildman–Crippen LogP) is 0.502. The number of thiophene rings is 1. The van der Waals surface area contributed by atoms with Crippen molar-refractivity contribution in [2.45, 2.75) is 17.9 Å². The van der Waals surface area contributed by atoms with E-state index in [1.165, 1.54) is 29.9 Å². The largest absolute Gasteiger partial charge is 0.465 e. The summed E-state index contributed by atoms with van der Waals surface area (Å²) in [5.74, 6) is -0.545. The van der Waals surface area contributed by atoms with Gasteiger partial charge in [-0.2, -0.15) is 4.31 Å². The summed E-state index contributed by atoms with van der Waals surface area (Å²) < 4.78 is 30.1. The van der Waals surface area contributed by atoms with E-state index < -0.39 is 16.0 Å². The molecule has 0 spiro atoms. The second-order valence-electron chi connectivity index (χ2n) is 3.74. The first-order valence-electron chi connectivity index (χ1n) is 5.19. The molecule has 1 aromatic rings. The molecule has 1 unspecified atom stereocenters. The quantitative estimate of drug-likeness (QED) is 0.798. The molecule has 2 N–H and O–H groups in total. The lowest BCUT2D eigenvalue weighted by Gasteiger charge is -2.22. The van der Waals surface area contributed by atoms with E-state index in [9.17, 15) is 13.2 Å². The molecule has 0 aliphatic carbocycles. The van der Waals surface area contributed by atoms with Gasteiger partial charge in [0.1, 0.15) is 4.88 Å². The molecule has 1 rings (SSSR count). The Labute approximate surface area is 110 Å². The lowest BCUT2D eigenvalue weighted by Crippen LogP contribution is -2.39. The first-order valence-corrected chi connectivity index (χ1v) is 7.51. The Morgan fingerprint density at radius 1 is 1.61 bits per heavy atom. The summed E-state index contributed by atoms with van der Waals surface area (Å²) in [4.78, 5) is 11.6. The molecule has 0 saturated heterocycles. The third kappa shape index (κ3) is 2.89. The minimum atomic E-state index is -3.62. The fourth-order valence-corrected chi connectivity index (χ4v) is 3.76. The number of ether oxygens (including phenoxy) is 1. The van der Waals surface area contributed by atoms with Gasteiger partial charge in [0.2, 0.25) is 10.0 Å². The first kappa shape index (κ1) is 15.1. The molecule has 0 fully saturated rings. The maximum Gasteiger partial charge on any atom is 0.348 e. The number of methoxy groups -OCH3 is 1. The van der Waals surface area contributed by atoms with Crippen molar-refractivity contribution >= 4 is 27.3 Å². The number of hydrogen-bond donors (Lipinski definition) is 1. The molecular formula is C10H16N2O4S2. The summed E-state index contributed by atoms with van der Waals surface area (Å²) in [7, 11) is -0.906. The fraction of sp³-hybridized carbons (Fsp3) is 0.500. The van der Waals surface area contributed by atoms with Crippen molar-refractivity contribution in [3.05, 3.63) is 16.3 Å². The minimum absolute atomic E-state index is 0.0794. The molecule has 6 nitrogen and oxygen atoms in total. The van der Waals surface area contributed by atoms with E-state index in [1.54, 1.807) is 6.92 Å². The van der Waals surface area contributed by atoms with E-state index in [0.717, 1.165) is 11.3 Å². The van der Waals surface area contributed by atoms with Crippen molar-refractivity contribution in [1.82, 2.24) is 4.31 Å². The highest BCUT2D eigenvalue weighted by Crippen LogP contribution is 2.23. The third-order valence-electron chi connectivity index (χ3n) is 2.60.